The van der Waals surface area contributed by atoms with Crippen LogP contribution in [0.25, 0.3) is 16.9 Å². The minimum absolute atomic E-state index is 0.799. The van der Waals surface area contributed by atoms with Crippen molar-refractivity contribution in [1.82, 2.24) is 19.4 Å². The van der Waals surface area contributed by atoms with Crippen LogP contribution in [0.1, 0.15) is 0 Å². The van der Waals surface area contributed by atoms with Crippen molar-refractivity contribution >= 4 is 28.7 Å². The van der Waals surface area contributed by atoms with Crippen molar-refractivity contribution < 1.29 is 0 Å². The van der Waals surface area contributed by atoms with Crippen LogP contribution in [-0.2, 0) is 0 Å². The number of hydrogen-bond donors (Lipinski definition) is 0. The normalized spacial score (nSPS) is 10.9. The lowest BCUT2D eigenvalue weighted by molar-refractivity contribution is 1.06. The van der Waals surface area contributed by atoms with E-state index in [1.165, 1.54) is 0 Å². The van der Waals surface area contributed by atoms with Gasteiger partial charge in [-0.2, -0.15) is 0 Å². The fraction of sp³-hybridized carbons (Fsp3) is 0.227. The molecule has 0 unspecified atom stereocenters. The molecule has 0 saturated heterocycles. The highest BCUT2D eigenvalue weighted by molar-refractivity contribution is 5.76. The smallest absolute Gasteiger partial charge is 0.181 e. The molecule has 0 aliphatic heterocycles. The Morgan fingerprint density at radius 1 is 0.793 bits per heavy atom. The van der Waals surface area contributed by atoms with E-state index in [0.29, 0.717) is 0 Å². The molecule has 0 fully saturated rings. The van der Waals surface area contributed by atoms with Gasteiger partial charge in [-0.1, -0.05) is 6.07 Å². The van der Waals surface area contributed by atoms with Gasteiger partial charge in [-0.25, -0.2) is 15.0 Å². The van der Waals surface area contributed by atoms with Gasteiger partial charge in [-0.3, -0.25) is 4.40 Å². The Morgan fingerprint density at radius 2 is 1.59 bits per heavy atom. The minimum atomic E-state index is 0.799. The van der Waals surface area contributed by atoms with Crippen LogP contribution in [0.4, 0.5) is 23.0 Å². The summed E-state index contributed by atoms with van der Waals surface area (Å²) in [5, 5.41) is 0. The summed E-state index contributed by atoms with van der Waals surface area (Å²) in [7, 11) is 10.0. The van der Waals surface area contributed by atoms with Gasteiger partial charge in [0.05, 0.1) is 11.9 Å². The van der Waals surface area contributed by atoms with Crippen LogP contribution < -0.4 is 14.7 Å². The molecule has 148 valence electrons. The first-order chi connectivity index (χ1) is 14.0. The Morgan fingerprint density at radius 3 is 2.28 bits per heavy atom. The number of benzene rings is 1. The molecule has 0 spiro atoms. The van der Waals surface area contributed by atoms with Crippen LogP contribution in [0.3, 0.4) is 0 Å². The van der Waals surface area contributed by atoms with Gasteiger partial charge in [0.15, 0.2) is 11.5 Å². The molecule has 0 atom stereocenters. The van der Waals surface area contributed by atoms with E-state index in [1.54, 1.807) is 6.20 Å². The lowest BCUT2D eigenvalue weighted by atomic mass is 10.2. The van der Waals surface area contributed by atoms with Crippen LogP contribution in [0, 0.1) is 0 Å². The summed E-state index contributed by atoms with van der Waals surface area (Å²) < 4.78 is 2.06. The predicted molar refractivity (Wildman–Crippen MR) is 119 cm³/mol. The molecule has 1 aromatic carbocycles. The van der Waals surface area contributed by atoms with E-state index in [2.05, 4.69) is 59.5 Å². The summed E-state index contributed by atoms with van der Waals surface area (Å²) >= 11 is 0. The van der Waals surface area contributed by atoms with E-state index < -0.39 is 0 Å². The number of pyridine rings is 1. The van der Waals surface area contributed by atoms with Gasteiger partial charge in [0.2, 0.25) is 0 Å². The summed E-state index contributed by atoms with van der Waals surface area (Å²) in [6.45, 7) is 0. The van der Waals surface area contributed by atoms with Gasteiger partial charge in [0.25, 0.3) is 0 Å². The summed E-state index contributed by atoms with van der Waals surface area (Å²) in [4.78, 5) is 19.9. The second kappa shape index (κ2) is 7.43. The fourth-order valence-corrected chi connectivity index (χ4v) is 3.26. The van der Waals surface area contributed by atoms with Crippen molar-refractivity contribution in [3.63, 3.8) is 0 Å². The standard InChI is InChI=1S/C22H25N7/c1-26(2)17-7-6-8-18(13-17)28(5)21-22-25-15-19(29(22)12-11-23-21)16-9-10-20(24-14-16)27(3)4/h6-15H,1-5H3. The number of rotatable bonds is 5. The quantitative estimate of drug-likeness (QED) is 0.521. The molecule has 0 aliphatic rings. The number of hydrogen-bond acceptors (Lipinski definition) is 6. The zero-order valence-electron chi connectivity index (χ0n) is 17.4. The van der Waals surface area contributed by atoms with Gasteiger partial charge in [-0.15, -0.1) is 0 Å². The van der Waals surface area contributed by atoms with E-state index in [4.69, 9.17) is 0 Å². The maximum atomic E-state index is 4.67. The molecule has 0 N–H and O–H groups in total. The Kier molecular flexibility index (Phi) is 4.80. The summed E-state index contributed by atoms with van der Waals surface area (Å²) in [6, 6.07) is 12.4. The Balaban J connectivity index is 1.75. The van der Waals surface area contributed by atoms with Crippen LogP contribution in [0.5, 0.6) is 0 Å². The number of fused-ring (bicyclic) bond motifs is 1. The highest BCUT2D eigenvalue weighted by atomic mass is 15.2. The zero-order valence-corrected chi connectivity index (χ0v) is 17.4. The number of imidazole rings is 1. The first-order valence-electron chi connectivity index (χ1n) is 9.42. The molecule has 29 heavy (non-hydrogen) atoms. The van der Waals surface area contributed by atoms with Gasteiger partial charge in [0, 0.05) is 70.8 Å². The Hall–Kier alpha value is -3.61. The van der Waals surface area contributed by atoms with Gasteiger partial charge in [-0.05, 0) is 30.3 Å². The first-order valence-corrected chi connectivity index (χ1v) is 9.42. The third kappa shape index (κ3) is 3.47. The molecule has 7 heteroatoms. The highest BCUT2D eigenvalue weighted by Gasteiger charge is 2.15. The largest absolute Gasteiger partial charge is 0.378 e. The molecule has 0 aliphatic carbocycles. The van der Waals surface area contributed by atoms with E-state index in [-0.39, 0.29) is 0 Å². The van der Waals surface area contributed by atoms with Crippen LogP contribution in [0.2, 0.25) is 0 Å². The third-order valence-corrected chi connectivity index (χ3v) is 4.96. The molecule has 0 radical (unpaired) electrons. The van der Waals surface area contributed by atoms with E-state index in [9.17, 15) is 0 Å². The van der Waals surface area contributed by atoms with Crippen molar-refractivity contribution in [1.29, 1.82) is 0 Å². The lowest BCUT2D eigenvalue weighted by Crippen LogP contribution is -2.14. The summed E-state index contributed by atoms with van der Waals surface area (Å²) in [6.07, 6.45) is 7.49. The predicted octanol–water partition coefficient (Wildman–Crippen LogP) is 3.69. The fourth-order valence-electron chi connectivity index (χ4n) is 3.26. The van der Waals surface area contributed by atoms with Crippen molar-refractivity contribution in [3.8, 4) is 11.3 Å². The molecule has 4 aromatic rings. The highest BCUT2D eigenvalue weighted by Crippen LogP contribution is 2.30. The van der Waals surface area contributed by atoms with Crippen molar-refractivity contribution in [2.75, 3.05) is 49.9 Å². The van der Waals surface area contributed by atoms with Gasteiger partial charge in [0.1, 0.15) is 5.82 Å². The average Bonchev–Trinajstić information content (AvgIpc) is 3.17. The first kappa shape index (κ1) is 18.7. The minimum Gasteiger partial charge on any atom is -0.378 e. The molecule has 4 rings (SSSR count). The van der Waals surface area contributed by atoms with E-state index in [1.807, 2.05) is 64.8 Å². The maximum Gasteiger partial charge on any atom is 0.181 e. The number of aromatic nitrogens is 4. The third-order valence-electron chi connectivity index (χ3n) is 4.96. The van der Waals surface area contributed by atoms with Crippen molar-refractivity contribution in [2.45, 2.75) is 0 Å². The average molecular weight is 387 g/mol. The second-order valence-electron chi connectivity index (χ2n) is 7.36. The molecular weight excluding hydrogens is 362 g/mol. The van der Waals surface area contributed by atoms with E-state index >= 15 is 0 Å². The van der Waals surface area contributed by atoms with Gasteiger partial charge < -0.3 is 14.7 Å². The Labute approximate surface area is 170 Å². The van der Waals surface area contributed by atoms with Crippen LogP contribution in [-0.4, -0.2) is 54.6 Å². The van der Waals surface area contributed by atoms with Crippen molar-refractivity contribution in [2.24, 2.45) is 0 Å². The molecule has 7 nitrogen and oxygen atoms in total. The van der Waals surface area contributed by atoms with Crippen LogP contribution in [0.15, 0.2) is 61.2 Å². The zero-order chi connectivity index (χ0) is 20.5. The second-order valence-corrected chi connectivity index (χ2v) is 7.36. The monoisotopic (exact) mass is 387 g/mol. The van der Waals surface area contributed by atoms with Gasteiger partial charge >= 0.3 is 0 Å². The Bertz CT molecular complexity index is 1130. The SMILES string of the molecule is CN(C)c1cccc(N(C)c2nccn3c(-c4ccc(N(C)C)nc4)cnc23)c1. The number of anilines is 4. The maximum absolute atomic E-state index is 4.67. The molecule has 0 amide bonds. The number of nitrogens with zero attached hydrogens (tertiary/aromatic N) is 7. The molecular formula is C22H25N7. The topological polar surface area (TPSA) is 52.8 Å². The molecule has 3 heterocycles. The molecule has 3 aromatic heterocycles. The van der Waals surface area contributed by atoms with E-state index in [0.717, 1.165) is 39.9 Å². The molecule has 0 saturated carbocycles. The summed E-state index contributed by atoms with van der Waals surface area (Å²) in [5.74, 6) is 1.72. The van der Waals surface area contributed by atoms with Crippen LogP contribution >= 0.6 is 0 Å². The molecule has 0 bridgehead atoms. The lowest BCUT2D eigenvalue weighted by Gasteiger charge is -2.21. The summed E-state index contributed by atoms with van der Waals surface area (Å²) in [5.41, 5.74) is 4.99. The van der Waals surface area contributed by atoms with Crippen molar-refractivity contribution in [3.05, 3.63) is 61.2 Å².